The van der Waals surface area contributed by atoms with E-state index in [1.807, 2.05) is 12.1 Å². The third kappa shape index (κ3) is 2.87. The number of ether oxygens (including phenoxy) is 1. The van der Waals surface area contributed by atoms with Crippen molar-refractivity contribution in [3.8, 4) is 11.8 Å². The number of benzene rings is 1. The van der Waals surface area contributed by atoms with Crippen LogP contribution in [0.1, 0.15) is 18.4 Å². The number of hydrogen-bond donors (Lipinski definition) is 0. The zero-order valence-corrected chi connectivity index (χ0v) is 9.13. The lowest BCUT2D eigenvalue weighted by molar-refractivity contribution is 0.300. The smallest absolute Gasteiger partial charge is 0.138 e. The Hall–Kier alpha value is -1.20. The molecule has 0 saturated heterocycles. The summed E-state index contributed by atoms with van der Waals surface area (Å²) in [5.74, 6) is 1.41. The van der Waals surface area contributed by atoms with E-state index < -0.39 is 0 Å². The standard InChI is InChI=1S/C12H12ClNO/c13-11-4-3-9(5-6-14)7-12(11)15-8-10-1-2-10/h3-4,7,10H,1-2,5,8H2. The molecule has 78 valence electrons. The maximum absolute atomic E-state index is 8.58. The number of halogens is 1. The van der Waals surface area contributed by atoms with Gasteiger partial charge in [-0.2, -0.15) is 5.26 Å². The average Bonchev–Trinajstić information content (AvgIpc) is 3.03. The quantitative estimate of drug-likeness (QED) is 0.782. The highest BCUT2D eigenvalue weighted by molar-refractivity contribution is 6.32. The van der Waals surface area contributed by atoms with Crippen LogP contribution in [-0.2, 0) is 6.42 Å². The first-order chi connectivity index (χ1) is 7.29. The van der Waals surface area contributed by atoms with E-state index in [0.717, 1.165) is 12.2 Å². The van der Waals surface area contributed by atoms with Crippen LogP contribution in [0.2, 0.25) is 5.02 Å². The molecule has 0 aliphatic heterocycles. The van der Waals surface area contributed by atoms with Crippen LogP contribution in [0.15, 0.2) is 18.2 Å². The van der Waals surface area contributed by atoms with Gasteiger partial charge in [0.05, 0.1) is 24.1 Å². The fourth-order valence-electron chi connectivity index (χ4n) is 1.35. The van der Waals surface area contributed by atoms with E-state index in [0.29, 0.717) is 23.1 Å². The van der Waals surface area contributed by atoms with Gasteiger partial charge in [-0.25, -0.2) is 0 Å². The zero-order chi connectivity index (χ0) is 10.7. The number of hydrogen-bond acceptors (Lipinski definition) is 2. The van der Waals surface area contributed by atoms with Crippen LogP contribution in [-0.4, -0.2) is 6.61 Å². The second-order valence-corrected chi connectivity index (χ2v) is 4.26. The van der Waals surface area contributed by atoms with Crippen molar-refractivity contribution >= 4 is 11.6 Å². The third-order valence-electron chi connectivity index (χ3n) is 2.45. The van der Waals surface area contributed by atoms with Crippen molar-refractivity contribution < 1.29 is 4.74 Å². The second-order valence-electron chi connectivity index (χ2n) is 3.85. The normalized spacial score (nSPS) is 14.7. The van der Waals surface area contributed by atoms with Gasteiger partial charge in [-0.1, -0.05) is 17.7 Å². The molecule has 0 atom stereocenters. The van der Waals surface area contributed by atoms with E-state index in [-0.39, 0.29) is 0 Å². The van der Waals surface area contributed by atoms with Gasteiger partial charge in [-0.15, -0.1) is 0 Å². The Bertz CT molecular complexity index is 393. The topological polar surface area (TPSA) is 33.0 Å². The summed E-state index contributed by atoms with van der Waals surface area (Å²) in [7, 11) is 0. The van der Waals surface area contributed by atoms with Gasteiger partial charge >= 0.3 is 0 Å². The van der Waals surface area contributed by atoms with E-state index in [9.17, 15) is 0 Å². The van der Waals surface area contributed by atoms with E-state index in [1.165, 1.54) is 12.8 Å². The van der Waals surface area contributed by atoms with Gasteiger partial charge in [0.25, 0.3) is 0 Å². The highest BCUT2D eigenvalue weighted by atomic mass is 35.5. The van der Waals surface area contributed by atoms with Crippen molar-refractivity contribution in [1.29, 1.82) is 5.26 Å². The summed E-state index contributed by atoms with van der Waals surface area (Å²) in [4.78, 5) is 0. The van der Waals surface area contributed by atoms with E-state index in [1.54, 1.807) is 6.07 Å². The van der Waals surface area contributed by atoms with E-state index >= 15 is 0 Å². The van der Waals surface area contributed by atoms with Crippen LogP contribution in [0, 0.1) is 17.2 Å². The van der Waals surface area contributed by atoms with E-state index in [2.05, 4.69) is 6.07 Å². The number of rotatable bonds is 4. The molecule has 15 heavy (non-hydrogen) atoms. The molecule has 0 radical (unpaired) electrons. The zero-order valence-electron chi connectivity index (χ0n) is 8.37. The Kier molecular flexibility index (Phi) is 3.13. The second kappa shape index (κ2) is 4.55. The van der Waals surface area contributed by atoms with Crippen molar-refractivity contribution in [3.05, 3.63) is 28.8 Å². The Morgan fingerprint density at radius 3 is 2.93 bits per heavy atom. The molecule has 1 aromatic rings. The Morgan fingerprint density at radius 2 is 2.27 bits per heavy atom. The van der Waals surface area contributed by atoms with Crippen molar-refractivity contribution in [1.82, 2.24) is 0 Å². The van der Waals surface area contributed by atoms with Crippen LogP contribution < -0.4 is 4.74 Å². The molecule has 1 saturated carbocycles. The molecule has 0 heterocycles. The minimum absolute atomic E-state index is 0.400. The van der Waals surface area contributed by atoms with Crippen LogP contribution in [0.4, 0.5) is 0 Å². The van der Waals surface area contributed by atoms with Crippen molar-refractivity contribution in [3.63, 3.8) is 0 Å². The fourth-order valence-corrected chi connectivity index (χ4v) is 1.52. The molecule has 2 nitrogen and oxygen atoms in total. The highest BCUT2D eigenvalue weighted by Crippen LogP contribution is 2.32. The van der Waals surface area contributed by atoms with Crippen LogP contribution in [0.25, 0.3) is 0 Å². The molecule has 0 amide bonds. The lowest BCUT2D eigenvalue weighted by Crippen LogP contribution is -1.99. The maximum Gasteiger partial charge on any atom is 0.138 e. The first-order valence-corrected chi connectivity index (χ1v) is 5.45. The number of nitrogens with zero attached hydrogens (tertiary/aromatic N) is 1. The largest absolute Gasteiger partial charge is 0.492 e. The minimum Gasteiger partial charge on any atom is -0.492 e. The number of nitriles is 1. The highest BCUT2D eigenvalue weighted by Gasteiger charge is 2.22. The summed E-state index contributed by atoms with van der Waals surface area (Å²) in [5, 5.41) is 9.21. The fraction of sp³-hybridized carbons (Fsp3) is 0.417. The Morgan fingerprint density at radius 1 is 1.47 bits per heavy atom. The molecule has 1 aliphatic rings. The van der Waals surface area contributed by atoms with Crippen LogP contribution in [0.3, 0.4) is 0 Å². The molecule has 1 aliphatic carbocycles. The van der Waals surface area contributed by atoms with Gasteiger partial charge in [-0.05, 0) is 36.5 Å². The summed E-state index contributed by atoms with van der Waals surface area (Å²) in [6.45, 7) is 0.746. The van der Waals surface area contributed by atoms with Crippen LogP contribution in [0.5, 0.6) is 5.75 Å². The Balaban J connectivity index is 2.05. The van der Waals surface area contributed by atoms with Crippen molar-refractivity contribution in [2.75, 3.05) is 6.61 Å². The lowest BCUT2D eigenvalue weighted by atomic mass is 10.1. The minimum atomic E-state index is 0.400. The molecule has 1 aromatic carbocycles. The molecule has 0 bridgehead atoms. The third-order valence-corrected chi connectivity index (χ3v) is 2.76. The summed E-state index contributed by atoms with van der Waals surface area (Å²) >= 11 is 5.99. The lowest BCUT2D eigenvalue weighted by Gasteiger charge is -2.08. The SMILES string of the molecule is N#CCc1ccc(Cl)c(OCC2CC2)c1. The molecule has 3 heteroatoms. The molecular weight excluding hydrogens is 210 g/mol. The Labute approximate surface area is 94.4 Å². The van der Waals surface area contributed by atoms with Gasteiger partial charge in [0.1, 0.15) is 5.75 Å². The van der Waals surface area contributed by atoms with Gasteiger partial charge in [-0.3, -0.25) is 0 Å². The summed E-state index contributed by atoms with van der Waals surface area (Å²) < 4.78 is 5.61. The van der Waals surface area contributed by atoms with Crippen LogP contribution >= 0.6 is 11.6 Å². The van der Waals surface area contributed by atoms with Gasteiger partial charge < -0.3 is 4.74 Å². The summed E-state index contributed by atoms with van der Waals surface area (Å²) in [6, 6.07) is 7.61. The molecular formula is C12H12ClNO. The van der Waals surface area contributed by atoms with Crippen molar-refractivity contribution in [2.45, 2.75) is 19.3 Å². The van der Waals surface area contributed by atoms with E-state index in [4.69, 9.17) is 21.6 Å². The molecule has 0 unspecified atom stereocenters. The van der Waals surface area contributed by atoms with Gasteiger partial charge in [0, 0.05) is 0 Å². The van der Waals surface area contributed by atoms with Gasteiger partial charge in [0.2, 0.25) is 0 Å². The average molecular weight is 222 g/mol. The molecule has 1 fully saturated rings. The summed E-state index contributed by atoms with van der Waals surface area (Å²) in [5.41, 5.74) is 0.952. The predicted molar refractivity (Wildman–Crippen MR) is 59.0 cm³/mol. The first-order valence-electron chi connectivity index (χ1n) is 5.08. The first kappa shape index (κ1) is 10.3. The molecule has 0 aromatic heterocycles. The molecule has 0 N–H and O–H groups in total. The monoisotopic (exact) mass is 221 g/mol. The maximum atomic E-state index is 8.58. The van der Waals surface area contributed by atoms with Crippen molar-refractivity contribution in [2.24, 2.45) is 5.92 Å². The summed E-state index contributed by atoms with van der Waals surface area (Å²) in [6.07, 6.45) is 2.92. The molecule has 0 spiro atoms. The predicted octanol–water partition coefficient (Wildman–Crippen LogP) is 3.19. The van der Waals surface area contributed by atoms with Gasteiger partial charge in [0.15, 0.2) is 0 Å². The molecule has 2 rings (SSSR count).